The van der Waals surface area contributed by atoms with Crippen LogP contribution < -0.4 is 10.8 Å². The Kier molecular flexibility index (Phi) is 19.2. The summed E-state index contributed by atoms with van der Waals surface area (Å²) in [5.41, 5.74) is 1.79. The van der Waals surface area contributed by atoms with E-state index in [1.807, 2.05) is 0 Å². The first-order valence-corrected chi connectivity index (χ1v) is 10.9. The van der Waals surface area contributed by atoms with Crippen molar-refractivity contribution in [1.82, 2.24) is 10.8 Å². The third-order valence-electron chi connectivity index (χ3n) is 5.00. The quantitative estimate of drug-likeness (QED) is 0.231. The smallest absolute Gasteiger partial charge is 0.220 e. The normalized spacial score (nSPS) is 11.2. The Morgan fingerprint density at radius 2 is 1.28 bits per heavy atom. The third-order valence-corrected chi connectivity index (χ3v) is 5.00. The van der Waals surface area contributed by atoms with Crippen molar-refractivity contribution in [3.05, 3.63) is 5.21 Å². The van der Waals surface area contributed by atoms with E-state index in [1.54, 1.807) is 5.48 Å². The Morgan fingerprint density at radius 3 is 1.84 bits per heavy atom. The van der Waals surface area contributed by atoms with Crippen LogP contribution in [-0.2, 0) is 4.79 Å². The van der Waals surface area contributed by atoms with Gasteiger partial charge in [-0.05, 0) is 12.3 Å². The maximum atomic E-state index is 11.5. The van der Waals surface area contributed by atoms with Crippen molar-refractivity contribution in [1.29, 1.82) is 0 Å². The second kappa shape index (κ2) is 19.7. The molecule has 4 nitrogen and oxygen atoms in total. The molecule has 0 aromatic rings. The minimum absolute atomic E-state index is 0.0699. The minimum atomic E-state index is 0.0699. The van der Waals surface area contributed by atoms with Gasteiger partial charge in [-0.3, -0.25) is 4.79 Å². The van der Waals surface area contributed by atoms with E-state index in [4.69, 9.17) is 0 Å². The van der Waals surface area contributed by atoms with Crippen molar-refractivity contribution >= 4 is 5.91 Å². The topological polar surface area (TPSA) is 64.2 Å². The van der Waals surface area contributed by atoms with E-state index < -0.39 is 0 Å². The SMILES string of the molecule is CCCCC(CCCC)CCCCCCCCCC(=O)NCCN[O-]. The van der Waals surface area contributed by atoms with E-state index in [9.17, 15) is 10.0 Å². The van der Waals surface area contributed by atoms with Gasteiger partial charge in [0.25, 0.3) is 0 Å². The second-order valence-electron chi connectivity index (χ2n) is 7.41. The number of hydroxylamine groups is 1. The molecule has 0 aromatic carbocycles. The van der Waals surface area contributed by atoms with Crippen molar-refractivity contribution in [3.63, 3.8) is 0 Å². The fourth-order valence-electron chi connectivity index (χ4n) is 3.36. The molecule has 0 aliphatic rings. The summed E-state index contributed by atoms with van der Waals surface area (Å²) in [6, 6.07) is 0. The highest BCUT2D eigenvalue weighted by Crippen LogP contribution is 2.23. The molecule has 0 fully saturated rings. The monoisotopic (exact) mass is 355 g/mol. The molecule has 0 radical (unpaired) electrons. The number of hydrogen-bond acceptors (Lipinski definition) is 3. The molecular formula is C21H43N2O2-. The van der Waals surface area contributed by atoms with Crippen LogP contribution in [0.3, 0.4) is 0 Å². The van der Waals surface area contributed by atoms with Crippen LogP contribution in [0.2, 0.25) is 0 Å². The molecule has 0 bridgehead atoms. The molecule has 25 heavy (non-hydrogen) atoms. The molecule has 2 N–H and O–H groups in total. The first kappa shape index (κ1) is 24.4. The summed E-state index contributed by atoms with van der Waals surface area (Å²) < 4.78 is 0. The van der Waals surface area contributed by atoms with E-state index in [0.717, 1.165) is 18.8 Å². The molecule has 0 heterocycles. The van der Waals surface area contributed by atoms with Crippen molar-refractivity contribution < 1.29 is 4.79 Å². The fourth-order valence-corrected chi connectivity index (χ4v) is 3.36. The molecular weight excluding hydrogens is 312 g/mol. The first-order chi connectivity index (χ1) is 12.2. The molecule has 1 amide bonds. The highest BCUT2D eigenvalue weighted by Gasteiger charge is 2.07. The maximum Gasteiger partial charge on any atom is 0.220 e. The summed E-state index contributed by atoms with van der Waals surface area (Å²) in [4.78, 5) is 11.5. The summed E-state index contributed by atoms with van der Waals surface area (Å²) in [5.74, 6) is 1.04. The van der Waals surface area contributed by atoms with Gasteiger partial charge >= 0.3 is 0 Å². The van der Waals surface area contributed by atoms with Crippen LogP contribution in [-0.4, -0.2) is 19.0 Å². The fraction of sp³-hybridized carbons (Fsp3) is 0.952. The zero-order valence-corrected chi connectivity index (χ0v) is 16.9. The lowest BCUT2D eigenvalue weighted by atomic mass is 9.90. The van der Waals surface area contributed by atoms with Gasteiger partial charge in [0, 0.05) is 19.5 Å². The molecule has 0 unspecified atom stereocenters. The second-order valence-corrected chi connectivity index (χ2v) is 7.41. The van der Waals surface area contributed by atoms with Gasteiger partial charge in [0.2, 0.25) is 5.91 Å². The zero-order chi connectivity index (χ0) is 18.6. The molecule has 150 valence electrons. The van der Waals surface area contributed by atoms with E-state index >= 15 is 0 Å². The highest BCUT2D eigenvalue weighted by molar-refractivity contribution is 5.75. The van der Waals surface area contributed by atoms with Crippen LogP contribution in [0.1, 0.15) is 110 Å². The first-order valence-electron chi connectivity index (χ1n) is 10.9. The zero-order valence-electron chi connectivity index (χ0n) is 16.9. The van der Waals surface area contributed by atoms with Crippen molar-refractivity contribution in [3.8, 4) is 0 Å². The highest BCUT2D eigenvalue weighted by atomic mass is 16.5. The van der Waals surface area contributed by atoms with E-state index in [-0.39, 0.29) is 5.91 Å². The summed E-state index contributed by atoms with van der Waals surface area (Å²) in [6.45, 7) is 5.32. The standard InChI is InChI=1S/C21H43N2O2/c1-3-5-14-20(15-6-4-2)16-12-10-8-7-9-11-13-17-21(24)22-18-19-23-25/h20,23H,3-19H2,1-2H3,(H,22,24)/q-1. The largest absolute Gasteiger partial charge is 0.788 e. The average molecular weight is 356 g/mol. The molecule has 0 rings (SSSR count). The minimum Gasteiger partial charge on any atom is -0.788 e. The lowest BCUT2D eigenvalue weighted by Gasteiger charge is -2.16. The molecule has 0 spiro atoms. The Balaban J connectivity index is 3.42. The van der Waals surface area contributed by atoms with Gasteiger partial charge < -0.3 is 16.0 Å². The van der Waals surface area contributed by atoms with Crippen molar-refractivity contribution in [2.24, 2.45) is 5.92 Å². The lowest BCUT2D eigenvalue weighted by Crippen LogP contribution is -2.29. The number of nitrogens with one attached hydrogen (secondary N) is 2. The van der Waals surface area contributed by atoms with Gasteiger partial charge in [0.05, 0.1) is 0 Å². The number of hydrogen-bond donors (Lipinski definition) is 2. The molecule has 0 saturated heterocycles. The van der Waals surface area contributed by atoms with Crippen LogP contribution in [0.5, 0.6) is 0 Å². The van der Waals surface area contributed by atoms with Crippen LogP contribution in [0.25, 0.3) is 0 Å². The van der Waals surface area contributed by atoms with Crippen LogP contribution >= 0.6 is 0 Å². The molecule has 0 aliphatic heterocycles. The maximum absolute atomic E-state index is 11.5. The summed E-state index contributed by atoms with van der Waals surface area (Å²) in [6.07, 6.45) is 19.1. The summed E-state index contributed by atoms with van der Waals surface area (Å²) in [5, 5.41) is 12.8. The Hall–Kier alpha value is -0.610. The van der Waals surface area contributed by atoms with Gasteiger partial charge in [-0.1, -0.05) is 97.3 Å². The number of rotatable bonds is 19. The van der Waals surface area contributed by atoms with Crippen LogP contribution in [0, 0.1) is 11.1 Å². The number of carbonyl (C=O) groups excluding carboxylic acids is 1. The lowest BCUT2D eigenvalue weighted by molar-refractivity contribution is -0.121. The molecule has 0 aliphatic carbocycles. The van der Waals surface area contributed by atoms with Gasteiger partial charge in [0.15, 0.2) is 0 Å². The van der Waals surface area contributed by atoms with E-state index in [2.05, 4.69) is 19.2 Å². The number of amides is 1. The Bertz CT molecular complexity index is 277. The predicted octanol–water partition coefficient (Wildman–Crippen LogP) is 5.70. The van der Waals surface area contributed by atoms with Gasteiger partial charge in [0.1, 0.15) is 0 Å². The van der Waals surface area contributed by atoms with Crippen molar-refractivity contribution in [2.75, 3.05) is 13.1 Å². The van der Waals surface area contributed by atoms with Gasteiger partial charge in [-0.2, -0.15) is 0 Å². The average Bonchev–Trinajstić information content (AvgIpc) is 2.62. The third kappa shape index (κ3) is 18.0. The molecule has 0 atom stereocenters. The molecule has 0 saturated carbocycles. The predicted molar refractivity (Wildman–Crippen MR) is 108 cm³/mol. The summed E-state index contributed by atoms with van der Waals surface area (Å²) in [7, 11) is 0. The number of unbranched alkanes of at least 4 members (excludes halogenated alkanes) is 8. The summed E-state index contributed by atoms with van der Waals surface area (Å²) >= 11 is 0. The van der Waals surface area contributed by atoms with E-state index in [0.29, 0.717) is 19.5 Å². The van der Waals surface area contributed by atoms with Gasteiger partial charge in [-0.15, -0.1) is 0 Å². The number of carbonyl (C=O) groups is 1. The van der Waals surface area contributed by atoms with Crippen LogP contribution in [0.4, 0.5) is 0 Å². The van der Waals surface area contributed by atoms with Gasteiger partial charge in [-0.25, -0.2) is 0 Å². The Labute approximate surface area is 156 Å². The molecule has 4 heteroatoms. The Morgan fingerprint density at radius 1 is 0.760 bits per heavy atom. The van der Waals surface area contributed by atoms with Crippen LogP contribution in [0.15, 0.2) is 0 Å². The van der Waals surface area contributed by atoms with Crippen molar-refractivity contribution in [2.45, 2.75) is 110 Å². The molecule has 0 aromatic heterocycles. The van der Waals surface area contributed by atoms with E-state index in [1.165, 1.54) is 77.0 Å².